The Morgan fingerprint density at radius 3 is 2.83 bits per heavy atom. The first-order chi connectivity index (χ1) is 11.0. The summed E-state index contributed by atoms with van der Waals surface area (Å²) in [6, 6.07) is 5.09. The van der Waals surface area contributed by atoms with Gasteiger partial charge in [-0.3, -0.25) is 24.6 Å². The molecule has 1 aliphatic rings. The molecule has 5 nitrogen and oxygen atoms in total. The van der Waals surface area contributed by atoms with Gasteiger partial charge in [-0.15, -0.1) is 0 Å². The number of amides is 2. The molecule has 0 spiro atoms. The van der Waals surface area contributed by atoms with E-state index in [4.69, 9.17) is 0 Å². The molecule has 0 radical (unpaired) electrons. The Bertz CT molecular complexity index is 685. The molecule has 1 unspecified atom stereocenters. The van der Waals surface area contributed by atoms with Gasteiger partial charge >= 0.3 is 0 Å². The molecule has 1 saturated heterocycles. The summed E-state index contributed by atoms with van der Waals surface area (Å²) in [5, 5.41) is 2.35. The average molecular weight is 312 g/mol. The molecule has 1 aromatic carbocycles. The van der Waals surface area contributed by atoms with E-state index in [9.17, 15) is 14.4 Å². The molecule has 0 saturated carbocycles. The number of imide groups is 1. The number of aldehydes is 1. The summed E-state index contributed by atoms with van der Waals surface area (Å²) in [4.78, 5) is 36.3. The largest absolute Gasteiger partial charge is 0.298 e. The number of likely N-dealkylation sites (N-methyl/N-ethyl adjacent to an activating group) is 1. The molecular formula is C18H20N2O3. The van der Waals surface area contributed by atoms with Crippen molar-refractivity contribution in [2.24, 2.45) is 0 Å². The van der Waals surface area contributed by atoms with E-state index in [0.29, 0.717) is 24.9 Å². The summed E-state index contributed by atoms with van der Waals surface area (Å²) in [7, 11) is 1.82. The molecule has 0 aliphatic carbocycles. The molecule has 0 aromatic heterocycles. The topological polar surface area (TPSA) is 66.5 Å². The lowest BCUT2D eigenvalue weighted by Crippen LogP contribution is -2.51. The molecule has 2 amide bonds. The smallest absolute Gasteiger partial charge is 0.243 e. The van der Waals surface area contributed by atoms with Crippen molar-refractivity contribution >= 4 is 18.1 Å². The number of carbonyl (C=O) groups is 3. The second-order valence-corrected chi connectivity index (χ2v) is 5.57. The van der Waals surface area contributed by atoms with Crippen LogP contribution in [0.5, 0.6) is 0 Å². The van der Waals surface area contributed by atoms with Gasteiger partial charge in [-0.2, -0.15) is 0 Å². The first-order valence-electron chi connectivity index (χ1n) is 7.66. The highest BCUT2D eigenvalue weighted by Gasteiger charge is 2.29. The molecule has 0 bridgehead atoms. The third-order valence-corrected chi connectivity index (χ3v) is 3.84. The van der Waals surface area contributed by atoms with Crippen molar-refractivity contribution in [2.45, 2.75) is 38.8 Å². The summed E-state index contributed by atoms with van der Waals surface area (Å²) in [5.74, 6) is 5.54. The molecule has 1 fully saturated rings. The lowest BCUT2D eigenvalue weighted by Gasteiger charge is -2.30. The highest BCUT2D eigenvalue weighted by atomic mass is 16.2. The van der Waals surface area contributed by atoms with Crippen LogP contribution in [0.15, 0.2) is 18.2 Å². The zero-order chi connectivity index (χ0) is 16.8. The van der Waals surface area contributed by atoms with Crippen molar-refractivity contribution in [3.05, 3.63) is 34.9 Å². The fourth-order valence-electron chi connectivity index (χ4n) is 2.61. The third kappa shape index (κ3) is 4.27. The molecule has 1 aromatic rings. The first-order valence-corrected chi connectivity index (χ1v) is 7.66. The number of hydrogen-bond donors (Lipinski definition) is 1. The Balaban J connectivity index is 2.18. The maximum absolute atomic E-state index is 11.9. The Hall–Kier alpha value is -2.45. The van der Waals surface area contributed by atoms with E-state index in [-0.39, 0.29) is 17.9 Å². The van der Waals surface area contributed by atoms with Crippen LogP contribution in [0.1, 0.15) is 47.7 Å². The predicted octanol–water partition coefficient (Wildman–Crippen LogP) is 1.50. The number of nitrogens with zero attached hydrogens (tertiary/aromatic N) is 1. The molecule has 120 valence electrons. The Morgan fingerprint density at radius 2 is 2.17 bits per heavy atom. The highest BCUT2D eigenvalue weighted by Crippen LogP contribution is 2.17. The number of carbonyl (C=O) groups excluding carboxylic acids is 3. The maximum atomic E-state index is 11.9. The molecular weight excluding hydrogens is 292 g/mol. The fourth-order valence-corrected chi connectivity index (χ4v) is 2.61. The standard InChI is InChI=1S/C18H20N2O3/c1-3-4-5-13-6-7-14(12-21)15(10-13)11-20(2)16-8-9-17(22)19-18(16)23/h6-7,10,12,16H,3,8-9,11H2,1-2H3,(H,19,22,23). The van der Waals surface area contributed by atoms with E-state index in [1.165, 1.54) is 0 Å². The maximum Gasteiger partial charge on any atom is 0.243 e. The van der Waals surface area contributed by atoms with Crippen molar-refractivity contribution in [3.63, 3.8) is 0 Å². The van der Waals surface area contributed by atoms with E-state index < -0.39 is 0 Å². The van der Waals surface area contributed by atoms with Gasteiger partial charge in [-0.25, -0.2) is 0 Å². The van der Waals surface area contributed by atoms with Crippen LogP contribution in [0.3, 0.4) is 0 Å². The van der Waals surface area contributed by atoms with Crippen molar-refractivity contribution < 1.29 is 14.4 Å². The normalized spacial score (nSPS) is 17.4. The summed E-state index contributed by atoms with van der Waals surface area (Å²) in [6.07, 6.45) is 2.40. The van der Waals surface area contributed by atoms with Gasteiger partial charge in [0.05, 0.1) is 6.04 Å². The van der Waals surface area contributed by atoms with Gasteiger partial charge in [-0.05, 0) is 31.2 Å². The summed E-state index contributed by atoms with van der Waals surface area (Å²) in [5.41, 5.74) is 2.27. The summed E-state index contributed by atoms with van der Waals surface area (Å²) < 4.78 is 0. The van der Waals surface area contributed by atoms with E-state index in [2.05, 4.69) is 17.2 Å². The highest BCUT2D eigenvalue weighted by molar-refractivity contribution is 6.00. The monoisotopic (exact) mass is 312 g/mol. The van der Waals surface area contributed by atoms with Gasteiger partial charge < -0.3 is 0 Å². The van der Waals surface area contributed by atoms with E-state index in [0.717, 1.165) is 23.8 Å². The summed E-state index contributed by atoms with van der Waals surface area (Å²) >= 11 is 0. The third-order valence-electron chi connectivity index (χ3n) is 3.84. The van der Waals surface area contributed by atoms with E-state index >= 15 is 0 Å². The summed E-state index contributed by atoms with van der Waals surface area (Å²) in [6.45, 7) is 2.42. The molecule has 1 heterocycles. The van der Waals surface area contributed by atoms with Crippen LogP contribution in [0.2, 0.25) is 0 Å². The second-order valence-electron chi connectivity index (χ2n) is 5.57. The zero-order valence-corrected chi connectivity index (χ0v) is 13.4. The average Bonchev–Trinajstić information content (AvgIpc) is 2.53. The van der Waals surface area contributed by atoms with Crippen LogP contribution in [0.4, 0.5) is 0 Å². The molecule has 2 rings (SSSR count). The number of hydrogen-bond acceptors (Lipinski definition) is 4. The van der Waals surface area contributed by atoms with Crippen LogP contribution < -0.4 is 5.32 Å². The molecule has 1 N–H and O–H groups in total. The van der Waals surface area contributed by atoms with Crippen LogP contribution in [-0.2, 0) is 16.1 Å². The minimum absolute atomic E-state index is 0.231. The van der Waals surface area contributed by atoms with Gasteiger partial charge in [-0.1, -0.05) is 24.8 Å². The molecule has 23 heavy (non-hydrogen) atoms. The number of nitrogens with one attached hydrogen (secondary N) is 1. The van der Waals surface area contributed by atoms with Crippen molar-refractivity contribution in [1.29, 1.82) is 0 Å². The fraction of sp³-hybridized carbons (Fsp3) is 0.389. The lowest BCUT2D eigenvalue weighted by atomic mass is 10.0. The number of piperidine rings is 1. The minimum Gasteiger partial charge on any atom is -0.298 e. The van der Waals surface area contributed by atoms with Crippen LogP contribution in [-0.4, -0.2) is 36.1 Å². The predicted molar refractivity (Wildman–Crippen MR) is 86.6 cm³/mol. The van der Waals surface area contributed by atoms with Crippen LogP contribution >= 0.6 is 0 Å². The first kappa shape index (κ1) is 16.9. The number of rotatable bonds is 4. The Labute approximate surface area is 136 Å². The van der Waals surface area contributed by atoms with Gasteiger partial charge in [0, 0.05) is 30.5 Å². The minimum atomic E-state index is -0.363. The lowest BCUT2D eigenvalue weighted by molar-refractivity contribution is -0.137. The van der Waals surface area contributed by atoms with Crippen molar-refractivity contribution in [1.82, 2.24) is 10.2 Å². The zero-order valence-electron chi connectivity index (χ0n) is 13.4. The molecule has 1 atom stereocenters. The van der Waals surface area contributed by atoms with E-state index in [1.807, 2.05) is 31.0 Å². The van der Waals surface area contributed by atoms with Gasteiger partial charge in [0.1, 0.15) is 6.29 Å². The number of benzene rings is 1. The quantitative estimate of drug-likeness (QED) is 0.520. The van der Waals surface area contributed by atoms with Gasteiger partial charge in [0.25, 0.3) is 0 Å². The second kappa shape index (κ2) is 7.70. The van der Waals surface area contributed by atoms with Crippen LogP contribution in [0.25, 0.3) is 0 Å². The van der Waals surface area contributed by atoms with Crippen molar-refractivity contribution in [2.75, 3.05) is 7.05 Å². The van der Waals surface area contributed by atoms with Crippen LogP contribution in [0, 0.1) is 11.8 Å². The SMILES string of the molecule is CCC#Cc1ccc(C=O)c(CN(C)C2CCC(=O)NC2=O)c1. The Kier molecular flexibility index (Phi) is 5.67. The Morgan fingerprint density at radius 1 is 1.39 bits per heavy atom. The van der Waals surface area contributed by atoms with Gasteiger partial charge in [0.15, 0.2) is 0 Å². The molecule has 1 aliphatic heterocycles. The van der Waals surface area contributed by atoms with Gasteiger partial charge in [0.2, 0.25) is 11.8 Å². The van der Waals surface area contributed by atoms with E-state index in [1.54, 1.807) is 6.07 Å². The molecule has 5 heteroatoms. The van der Waals surface area contributed by atoms with Crippen molar-refractivity contribution in [3.8, 4) is 11.8 Å².